The van der Waals surface area contributed by atoms with Gasteiger partial charge in [-0.2, -0.15) is 0 Å². The highest BCUT2D eigenvalue weighted by Crippen LogP contribution is 1.96. The Bertz CT molecular complexity index is 151. The first-order valence-electron chi connectivity index (χ1n) is 4.78. The first kappa shape index (κ1) is 12.4. The Morgan fingerprint density at radius 3 is 2.69 bits per heavy atom. The number of nitrogens with two attached hydrogens (primary N) is 1. The third kappa shape index (κ3) is 5.60. The Morgan fingerprint density at radius 2 is 2.23 bits per heavy atom. The van der Waals surface area contributed by atoms with Crippen LogP contribution in [-0.2, 0) is 4.79 Å². The maximum atomic E-state index is 11.2. The summed E-state index contributed by atoms with van der Waals surface area (Å²) in [6.45, 7) is 3.96. The lowest BCUT2D eigenvalue weighted by atomic mass is 10.1. The number of carbonyl (C=O) groups is 1. The van der Waals surface area contributed by atoms with Gasteiger partial charge in [0.2, 0.25) is 5.91 Å². The van der Waals surface area contributed by atoms with E-state index < -0.39 is 6.04 Å². The normalized spacial score (nSPS) is 15.1. The van der Waals surface area contributed by atoms with Gasteiger partial charge in [0.25, 0.3) is 0 Å². The van der Waals surface area contributed by atoms with Crippen LogP contribution in [0, 0.1) is 0 Å². The lowest BCUT2D eigenvalue weighted by Gasteiger charge is -2.15. The molecule has 4 N–H and O–H groups in total. The summed E-state index contributed by atoms with van der Waals surface area (Å²) in [6, 6.07) is -0.311. The molecule has 1 amide bonds. The standard InChI is InChI=1S/C9H20N2O2/c1-3-8(10)9(13)11-7(2)5-4-6-12/h7-8,12H,3-6,10H2,1-2H3,(H,11,13)/t7?,8-/m0/s1. The van der Waals surface area contributed by atoms with Crippen molar-refractivity contribution in [3.05, 3.63) is 0 Å². The van der Waals surface area contributed by atoms with Crippen molar-refractivity contribution in [2.75, 3.05) is 6.61 Å². The third-order valence-electron chi connectivity index (χ3n) is 1.96. The summed E-state index contributed by atoms with van der Waals surface area (Å²) in [5, 5.41) is 11.4. The molecule has 0 rings (SSSR count). The van der Waals surface area contributed by atoms with Gasteiger partial charge in [0, 0.05) is 12.6 Å². The van der Waals surface area contributed by atoms with E-state index >= 15 is 0 Å². The Kier molecular flexibility index (Phi) is 6.54. The summed E-state index contributed by atoms with van der Waals surface area (Å²) in [5.41, 5.74) is 5.53. The number of hydrogen-bond donors (Lipinski definition) is 3. The minimum absolute atomic E-state index is 0.0947. The Balaban J connectivity index is 3.64. The fourth-order valence-electron chi connectivity index (χ4n) is 1.00. The predicted molar refractivity (Wildman–Crippen MR) is 52.2 cm³/mol. The largest absolute Gasteiger partial charge is 0.396 e. The number of aliphatic hydroxyl groups excluding tert-OH is 1. The van der Waals surface area contributed by atoms with Crippen molar-refractivity contribution in [3.8, 4) is 0 Å². The molecule has 0 aliphatic rings. The van der Waals surface area contributed by atoms with Crippen molar-refractivity contribution in [1.29, 1.82) is 0 Å². The van der Waals surface area contributed by atoms with Gasteiger partial charge in [-0.05, 0) is 26.2 Å². The summed E-state index contributed by atoms with van der Waals surface area (Å²) < 4.78 is 0. The molecule has 0 bridgehead atoms. The molecule has 0 saturated heterocycles. The SMILES string of the molecule is CC[C@H](N)C(=O)NC(C)CCCO. The number of amides is 1. The van der Waals surface area contributed by atoms with Crippen LogP contribution in [0.2, 0.25) is 0 Å². The van der Waals surface area contributed by atoms with Crippen molar-refractivity contribution in [1.82, 2.24) is 5.32 Å². The summed E-state index contributed by atoms with van der Waals surface area (Å²) in [7, 11) is 0. The van der Waals surface area contributed by atoms with E-state index in [0.717, 1.165) is 6.42 Å². The summed E-state index contributed by atoms with van der Waals surface area (Å²) in [5.74, 6) is -0.104. The van der Waals surface area contributed by atoms with Crippen molar-refractivity contribution in [2.45, 2.75) is 45.2 Å². The molecule has 0 fully saturated rings. The molecule has 0 aromatic rings. The Hall–Kier alpha value is -0.610. The van der Waals surface area contributed by atoms with E-state index in [4.69, 9.17) is 10.8 Å². The molecule has 13 heavy (non-hydrogen) atoms. The lowest BCUT2D eigenvalue weighted by molar-refractivity contribution is -0.123. The molecule has 0 aliphatic heterocycles. The van der Waals surface area contributed by atoms with E-state index in [-0.39, 0.29) is 18.6 Å². The first-order valence-corrected chi connectivity index (χ1v) is 4.78. The van der Waals surface area contributed by atoms with Gasteiger partial charge < -0.3 is 16.2 Å². The van der Waals surface area contributed by atoms with Gasteiger partial charge in [-0.25, -0.2) is 0 Å². The van der Waals surface area contributed by atoms with Crippen LogP contribution in [0.25, 0.3) is 0 Å². The van der Waals surface area contributed by atoms with Crippen LogP contribution in [-0.4, -0.2) is 29.7 Å². The van der Waals surface area contributed by atoms with Gasteiger partial charge in [0.05, 0.1) is 6.04 Å². The second-order valence-corrected chi connectivity index (χ2v) is 3.29. The highest BCUT2D eigenvalue weighted by atomic mass is 16.2. The topological polar surface area (TPSA) is 75.4 Å². The van der Waals surface area contributed by atoms with Crippen LogP contribution < -0.4 is 11.1 Å². The summed E-state index contributed by atoms with van der Waals surface area (Å²) in [4.78, 5) is 11.2. The van der Waals surface area contributed by atoms with Crippen LogP contribution >= 0.6 is 0 Å². The van der Waals surface area contributed by atoms with E-state index in [1.54, 1.807) is 0 Å². The van der Waals surface area contributed by atoms with Crippen molar-refractivity contribution in [2.24, 2.45) is 5.73 Å². The van der Waals surface area contributed by atoms with E-state index in [1.807, 2.05) is 13.8 Å². The monoisotopic (exact) mass is 188 g/mol. The van der Waals surface area contributed by atoms with Crippen molar-refractivity contribution >= 4 is 5.91 Å². The average molecular weight is 188 g/mol. The lowest BCUT2D eigenvalue weighted by Crippen LogP contribution is -2.44. The van der Waals surface area contributed by atoms with Gasteiger partial charge in [-0.1, -0.05) is 6.92 Å². The Labute approximate surface area is 79.5 Å². The number of aliphatic hydroxyl groups is 1. The van der Waals surface area contributed by atoms with Crippen molar-refractivity contribution in [3.63, 3.8) is 0 Å². The highest BCUT2D eigenvalue weighted by molar-refractivity contribution is 5.81. The fraction of sp³-hybridized carbons (Fsp3) is 0.889. The fourth-order valence-corrected chi connectivity index (χ4v) is 1.00. The number of carbonyl (C=O) groups excluding carboxylic acids is 1. The molecule has 0 spiro atoms. The molecular weight excluding hydrogens is 168 g/mol. The molecule has 0 aromatic carbocycles. The molecule has 1 unspecified atom stereocenters. The smallest absolute Gasteiger partial charge is 0.237 e. The molecule has 0 heterocycles. The quantitative estimate of drug-likeness (QED) is 0.549. The van der Waals surface area contributed by atoms with Crippen LogP contribution in [0.4, 0.5) is 0 Å². The number of hydrogen-bond acceptors (Lipinski definition) is 3. The predicted octanol–water partition coefficient (Wildman–Crippen LogP) is 0.000900. The molecule has 0 aliphatic carbocycles. The summed E-state index contributed by atoms with van der Waals surface area (Å²) in [6.07, 6.45) is 2.15. The maximum absolute atomic E-state index is 11.2. The minimum atomic E-state index is -0.406. The molecule has 0 aromatic heterocycles. The molecule has 4 nitrogen and oxygen atoms in total. The van der Waals surface area contributed by atoms with Crippen LogP contribution in [0.5, 0.6) is 0 Å². The minimum Gasteiger partial charge on any atom is -0.396 e. The highest BCUT2D eigenvalue weighted by Gasteiger charge is 2.12. The molecule has 0 radical (unpaired) electrons. The third-order valence-corrected chi connectivity index (χ3v) is 1.96. The molecule has 4 heteroatoms. The van der Waals surface area contributed by atoms with Crippen molar-refractivity contribution < 1.29 is 9.90 Å². The molecule has 0 saturated carbocycles. The second-order valence-electron chi connectivity index (χ2n) is 3.29. The van der Waals surface area contributed by atoms with E-state index in [1.165, 1.54) is 0 Å². The molecule has 2 atom stereocenters. The van der Waals surface area contributed by atoms with Crippen LogP contribution in [0.3, 0.4) is 0 Å². The maximum Gasteiger partial charge on any atom is 0.237 e. The van der Waals surface area contributed by atoms with E-state index in [0.29, 0.717) is 12.8 Å². The van der Waals surface area contributed by atoms with E-state index in [9.17, 15) is 4.79 Å². The summed E-state index contributed by atoms with van der Waals surface area (Å²) >= 11 is 0. The van der Waals surface area contributed by atoms with Gasteiger partial charge >= 0.3 is 0 Å². The van der Waals surface area contributed by atoms with Gasteiger partial charge in [-0.15, -0.1) is 0 Å². The van der Waals surface area contributed by atoms with Crippen LogP contribution in [0.15, 0.2) is 0 Å². The van der Waals surface area contributed by atoms with Crippen LogP contribution in [0.1, 0.15) is 33.1 Å². The molecular formula is C9H20N2O2. The van der Waals surface area contributed by atoms with Gasteiger partial charge in [0.15, 0.2) is 0 Å². The van der Waals surface area contributed by atoms with Gasteiger partial charge in [-0.3, -0.25) is 4.79 Å². The van der Waals surface area contributed by atoms with E-state index in [2.05, 4.69) is 5.32 Å². The zero-order valence-electron chi connectivity index (χ0n) is 8.42. The second kappa shape index (κ2) is 6.86. The van der Waals surface area contributed by atoms with Gasteiger partial charge in [0.1, 0.15) is 0 Å². The zero-order chi connectivity index (χ0) is 10.3. The number of nitrogens with one attached hydrogen (secondary N) is 1. The number of rotatable bonds is 6. The zero-order valence-corrected chi connectivity index (χ0v) is 8.42. The average Bonchev–Trinajstić information content (AvgIpc) is 2.13. The first-order chi connectivity index (χ1) is 6.11. The molecule has 78 valence electrons. The Morgan fingerprint density at radius 1 is 1.62 bits per heavy atom.